The molecule has 0 aromatic carbocycles. The van der Waals surface area contributed by atoms with E-state index in [2.05, 4.69) is 17.3 Å². The minimum absolute atomic E-state index is 0.124. The Hall–Kier alpha value is -0.660. The van der Waals surface area contributed by atoms with Crippen molar-refractivity contribution < 1.29 is 0 Å². The lowest BCUT2D eigenvalue weighted by Gasteiger charge is -2.31. The van der Waals surface area contributed by atoms with Crippen LogP contribution < -0.4 is 0 Å². The van der Waals surface area contributed by atoms with Crippen molar-refractivity contribution in [3.05, 3.63) is 17.1 Å². The largest absolute Gasteiger partial charge is 0.151 e. The fourth-order valence-corrected chi connectivity index (χ4v) is 2.87. The molecule has 2 aliphatic rings. The molecule has 2 rings (SSSR count). The Kier molecular flexibility index (Phi) is 3.33. The van der Waals surface area contributed by atoms with Crippen molar-refractivity contribution in [1.29, 1.82) is 0 Å². The van der Waals surface area contributed by atoms with Crippen molar-refractivity contribution in [3.63, 3.8) is 0 Å². The van der Waals surface area contributed by atoms with Crippen molar-refractivity contribution in [2.45, 2.75) is 51.0 Å². The first-order valence-electron chi connectivity index (χ1n) is 5.89. The molecule has 0 aromatic rings. The van der Waals surface area contributed by atoms with Crippen molar-refractivity contribution >= 4 is 0 Å². The van der Waals surface area contributed by atoms with Crippen molar-refractivity contribution in [1.82, 2.24) is 0 Å². The molecular weight excluding hydrogens is 174 g/mol. The molecule has 2 nitrogen and oxygen atoms in total. The molecule has 0 spiro atoms. The zero-order valence-corrected chi connectivity index (χ0v) is 8.69. The number of rotatable bonds is 2. The Labute approximate surface area is 85.7 Å². The van der Waals surface area contributed by atoms with E-state index in [0.29, 0.717) is 0 Å². The molecule has 1 atom stereocenters. The highest BCUT2D eigenvalue weighted by Crippen LogP contribution is 2.36. The van der Waals surface area contributed by atoms with Crippen molar-refractivity contribution in [2.75, 3.05) is 0 Å². The molecule has 1 unspecified atom stereocenters. The van der Waals surface area contributed by atoms with Gasteiger partial charge in [-0.1, -0.05) is 17.3 Å². The van der Waals surface area contributed by atoms with E-state index in [-0.39, 0.29) is 6.04 Å². The lowest BCUT2D eigenvalue weighted by atomic mass is 9.75. The molecule has 0 saturated heterocycles. The van der Waals surface area contributed by atoms with E-state index < -0.39 is 0 Å². The summed E-state index contributed by atoms with van der Waals surface area (Å²) >= 11 is 0. The summed E-state index contributed by atoms with van der Waals surface area (Å²) in [6.45, 7) is 0. The van der Waals surface area contributed by atoms with Gasteiger partial charge in [-0.15, -0.1) is 0 Å². The third-order valence-corrected chi connectivity index (χ3v) is 3.79. The highest BCUT2D eigenvalue weighted by Gasteiger charge is 2.26. The van der Waals surface area contributed by atoms with Gasteiger partial charge in [-0.05, 0) is 56.8 Å². The third-order valence-electron chi connectivity index (χ3n) is 3.79. The maximum absolute atomic E-state index is 10.4. The number of allylic oxidation sites excluding steroid dienone is 2. The molecule has 14 heavy (non-hydrogen) atoms. The quantitative estimate of drug-likeness (QED) is 0.486. The molecular formula is C12H19NO. The molecule has 0 aliphatic heterocycles. The second-order valence-corrected chi connectivity index (χ2v) is 4.70. The van der Waals surface area contributed by atoms with Gasteiger partial charge >= 0.3 is 0 Å². The van der Waals surface area contributed by atoms with Crippen LogP contribution in [-0.4, -0.2) is 6.04 Å². The highest BCUT2D eigenvalue weighted by atomic mass is 16.3. The third kappa shape index (κ3) is 2.23. The molecule has 0 amide bonds. The van der Waals surface area contributed by atoms with Crippen LogP contribution >= 0.6 is 0 Å². The molecule has 0 aromatic heterocycles. The molecule has 0 N–H and O–H groups in total. The Bertz CT molecular complexity index is 216. The van der Waals surface area contributed by atoms with E-state index in [9.17, 15) is 4.91 Å². The SMILES string of the molecule is O=NC1CCC(C2C=CCCC2)CC1. The average Bonchev–Trinajstić information content (AvgIpc) is 2.30. The van der Waals surface area contributed by atoms with Gasteiger partial charge in [0.25, 0.3) is 0 Å². The number of hydrogen-bond acceptors (Lipinski definition) is 2. The average molecular weight is 193 g/mol. The van der Waals surface area contributed by atoms with Gasteiger partial charge in [0.1, 0.15) is 0 Å². The molecule has 2 heteroatoms. The smallest absolute Gasteiger partial charge is 0.0920 e. The maximum Gasteiger partial charge on any atom is 0.0920 e. The van der Waals surface area contributed by atoms with E-state index in [0.717, 1.165) is 24.7 Å². The standard InChI is InChI=1S/C12H19NO/c14-13-12-8-6-11(7-9-12)10-4-2-1-3-5-10/h2,4,10-12H,1,3,5-9H2. The van der Waals surface area contributed by atoms with Crippen LogP contribution in [0.2, 0.25) is 0 Å². The van der Waals surface area contributed by atoms with Crippen LogP contribution in [0.25, 0.3) is 0 Å². The summed E-state index contributed by atoms with van der Waals surface area (Å²) in [6, 6.07) is 0.124. The predicted molar refractivity (Wildman–Crippen MR) is 58.0 cm³/mol. The number of hydrogen-bond donors (Lipinski definition) is 0. The van der Waals surface area contributed by atoms with Gasteiger partial charge in [-0.2, -0.15) is 4.91 Å². The van der Waals surface area contributed by atoms with Crippen LogP contribution in [0, 0.1) is 16.7 Å². The van der Waals surface area contributed by atoms with Gasteiger partial charge in [0, 0.05) is 0 Å². The Morgan fingerprint density at radius 1 is 1.07 bits per heavy atom. The molecule has 1 fully saturated rings. The minimum Gasteiger partial charge on any atom is -0.151 e. The molecule has 78 valence electrons. The summed E-state index contributed by atoms with van der Waals surface area (Å²) in [5.41, 5.74) is 0. The lowest BCUT2D eigenvalue weighted by molar-refractivity contribution is 0.250. The van der Waals surface area contributed by atoms with E-state index in [4.69, 9.17) is 0 Å². The zero-order chi connectivity index (χ0) is 9.80. The Morgan fingerprint density at radius 3 is 2.43 bits per heavy atom. The van der Waals surface area contributed by atoms with Crippen LogP contribution in [0.15, 0.2) is 17.3 Å². The number of nitrogens with zero attached hydrogens (tertiary/aromatic N) is 1. The summed E-state index contributed by atoms with van der Waals surface area (Å²) in [4.78, 5) is 10.4. The predicted octanol–water partition coefficient (Wildman–Crippen LogP) is 3.67. The molecule has 0 heterocycles. The van der Waals surface area contributed by atoms with E-state index in [1.54, 1.807) is 0 Å². The van der Waals surface area contributed by atoms with Gasteiger partial charge in [0.2, 0.25) is 0 Å². The topological polar surface area (TPSA) is 29.4 Å². The van der Waals surface area contributed by atoms with Crippen LogP contribution in [-0.2, 0) is 0 Å². The van der Waals surface area contributed by atoms with Crippen molar-refractivity contribution in [2.24, 2.45) is 17.0 Å². The van der Waals surface area contributed by atoms with Gasteiger partial charge < -0.3 is 0 Å². The second kappa shape index (κ2) is 4.72. The van der Waals surface area contributed by atoms with Crippen LogP contribution in [0.4, 0.5) is 0 Å². The maximum atomic E-state index is 10.4. The monoisotopic (exact) mass is 193 g/mol. The van der Waals surface area contributed by atoms with E-state index in [1.165, 1.54) is 32.1 Å². The number of nitroso groups, excluding NO2 is 1. The van der Waals surface area contributed by atoms with Gasteiger partial charge in [0.05, 0.1) is 6.04 Å². The lowest BCUT2D eigenvalue weighted by Crippen LogP contribution is -2.23. The second-order valence-electron chi connectivity index (χ2n) is 4.70. The van der Waals surface area contributed by atoms with Gasteiger partial charge in [-0.3, -0.25) is 0 Å². The highest BCUT2D eigenvalue weighted by molar-refractivity contribution is 4.97. The molecule has 2 aliphatic carbocycles. The van der Waals surface area contributed by atoms with Gasteiger partial charge in [-0.25, -0.2) is 0 Å². The van der Waals surface area contributed by atoms with E-state index in [1.807, 2.05) is 0 Å². The first-order chi connectivity index (χ1) is 6.90. The summed E-state index contributed by atoms with van der Waals surface area (Å²) < 4.78 is 0. The summed E-state index contributed by atoms with van der Waals surface area (Å²) in [5.74, 6) is 1.64. The molecule has 0 radical (unpaired) electrons. The summed E-state index contributed by atoms with van der Waals surface area (Å²) in [6.07, 6.45) is 13.2. The zero-order valence-electron chi connectivity index (χ0n) is 8.69. The van der Waals surface area contributed by atoms with Crippen LogP contribution in [0.1, 0.15) is 44.9 Å². The Balaban J connectivity index is 1.85. The van der Waals surface area contributed by atoms with E-state index >= 15 is 0 Å². The summed E-state index contributed by atoms with van der Waals surface area (Å²) in [5, 5.41) is 3.16. The summed E-state index contributed by atoms with van der Waals surface area (Å²) in [7, 11) is 0. The molecule has 0 bridgehead atoms. The van der Waals surface area contributed by atoms with Gasteiger partial charge in [0.15, 0.2) is 0 Å². The molecule has 1 saturated carbocycles. The normalized spacial score (nSPS) is 38.1. The fourth-order valence-electron chi connectivity index (χ4n) is 2.87. The first kappa shape index (κ1) is 9.88. The van der Waals surface area contributed by atoms with Crippen molar-refractivity contribution in [3.8, 4) is 0 Å². The Morgan fingerprint density at radius 2 is 1.86 bits per heavy atom. The first-order valence-corrected chi connectivity index (χ1v) is 5.89. The minimum atomic E-state index is 0.124. The van der Waals surface area contributed by atoms with Crippen LogP contribution in [0.5, 0.6) is 0 Å². The fraction of sp³-hybridized carbons (Fsp3) is 0.833. The van der Waals surface area contributed by atoms with Crippen LogP contribution in [0.3, 0.4) is 0 Å².